The zero-order valence-electron chi connectivity index (χ0n) is 14.8. The third-order valence-electron chi connectivity index (χ3n) is 3.79. The van der Waals surface area contributed by atoms with Crippen LogP contribution in [0.4, 0.5) is 0 Å². The van der Waals surface area contributed by atoms with Gasteiger partial charge in [-0.2, -0.15) is 0 Å². The van der Waals surface area contributed by atoms with Gasteiger partial charge in [-0.1, -0.05) is 11.8 Å². The van der Waals surface area contributed by atoms with Gasteiger partial charge in [-0.25, -0.2) is 4.98 Å². The minimum Gasteiger partial charge on any atom is -0.466 e. The molecule has 0 aromatic carbocycles. The number of ether oxygens (including phenoxy) is 1. The van der Waals surface area contributed by atoms with Gasteiger partial charge in [0.1, 0.15) is 4.34 Å². The molecule has 2 heterocycles. The molecule has 0 saturated carbocycles. The van der Waals surface area contributed by atoms with Crippen molar-refractivity contribution in [3.63, 3.8) is 0 Å². The second-order valence-electron chi connectivity index (χ2n) is 5.51. The number of aliphatic imine (C=N–C) groups is 1. The lowest BCUT2D eigenvalue weighted by Crippen LogP contribution is -2.48. The zero-order valence-corrected chi connectivity index (χ0v) is 18.7. The smallest absolute Gasteiger partial charge is 0.310 e. The Kier molecular flexibility index (Phi) is 11.5. The summed E-state index contributed by atoms with van der Waals surface area (Å²) in [5.74, 6) is 1.78. The monoisotopic (exact) mass is 498 g/mol. The Labute approximate surface area is 175 Å². The van der Waals surface area contributed by atoms with Crippen LogP contribution in [0.1, 0.15) is 26.2 Å². The Morgan fingerprint density at radius 1 is 1.60 bits per heavy atom. The molecule has 1 atom stereocenters. The van der Waals surface area contributed by atoms with Gasteiger partial charge in [0, 0.05) is 44.0 Å². The third-order valence-corrected chi connectivity index (χ3v) is 5.84. The minimum atomic E-state index is -0.0856. The number of hydrogen-bond acceptors (Lipinski definition) is 6. The number of halogens is 1. The second-order valence-corrected chi connectivity index (χ2v) is 7.75. The van der Waals surface area contributed by atoms with Gasteiger partial charge in [-0.05, 0) is 26.2 Å². The van der Waals surface area contributed by atoms with Crippen LogP contribution in [-0.2, 0) is 9.53 Å². The third kappa shape index (κ3) is 7.69. The summed E-state index contributed by atoms with van der Waals surface area (Å²) >= 11 is 3.46. The number of hydrogen-bond donors (Lipinski definition) is 1. The molecule has 1 aromatic heterocycles. The molecule has 6 nitrogen and oxygen atoms in total. The van der Waals surface area contributed by atoms with Crippen molar-refractivity contribution < 1.29 is 9.53 Å². The number of thiazole rings is 1. The number of likely N-dealkylation sites (tertiary alicyclic amines) is 1. The number of rotatable bonds is 7. The lowest BCUT2D eigenvalue weighted by atomic mass is 9.98. The van der Waals surface area contributed by atoms with Crippen LogP contribution in [0, 0.1) is 5.92 Å². The number of esters is 1. The number of carbonyl (C=O) groups is 1. The van der Waals surface area contributed by atoms with E-state index in [1.54, 1.807) is 30.1 Å². The van der Waals surface area contributed by atoms with Crippen molar-refractivity contribution in [2.75, 3.05) is 39.0 Å². The van der Waals surface area contributed by atoms with E-state index in [1.165, 1.54) is 0 Å². The summed E-state index contributed by atoms with van der Waals surface area (Å²) in [5.41, 5.74) is 0. The molecular weight excluding hydrogens is 471 g/mol. The number of nitrogens with zero attached hydrogens (tertiary/aromatic N) is 3. The molecule has 1 aliphatic heterocycles. The van der Waals surface area contributed by atoms with Crippen molar-refractivity contribution in [2.24, 2.45) is 10.9 Å². The van der Waals surface area contributed by atoms with E-state index in [-0.39, 0.29) is 35.9 Å². The Bertz CT molecular complexity index is 528. The quantitative estimate of drug-likeness (QED) is 0.156. The molecule has 2 rings (SSSR count). The van der Waals surface area contributed by atoms with Gasteiger partial charge < -0.3 is 15.0 Å². The van der Waals surface area contributed by atoms with Crippen molar-refractivity contribution >= 4 is 59.0 Å². The van der Waals surface area contributed by atoms with Crippen LogP contribution in [0.25, 0.3) is 0 Å². The van der Waals surface area contributed by atoms with Gasteiger partial charge >= 0.3 is 5.97 Å². The lowest BCUT2D eigenvalue weighted by molar-refractivity contribution is -0.149. The summed E-state index contributed by atoms with van der Waals surface area (Å²) in [5, 5.41) is 5.40. The lowest BCUT2D eigenvalue weighted by Gasteiger charge is -2.33. The highest BCUT2D eigenvalue weighted by Crippen LogP contribution is 2.20. The molecule has 1 unspecified atom stereocenters. The molecule has 9 heteroatoms. The average Bonchev–Trinajstić information content (AvgIpc) is 3.12. The summed E-state index contributed by atoms with van der Waals surface area (Å²) in [6.45, 7) is 4.78. The van der Waals surface area contributed by atoms with Crippen molar-refractivity contribution in [1.82, 2.24) is 15.2 Å². The van der Waals surface area contributed by atoms with Crippen LogP contribution in [0.2, 0.25) is 0 Å². The van der Waals surface area contributed by atoms with Gasteiger partial charge in [-0.3, -0.25) is 9.79 Å². The highest BCUT2D eigenvalue weighted by molar-refractivity contribution is 14.0. The fourth-order valence-corrected chi connectivity index (χ4v) is 4.32. The zero-order chi connectivity index (χ0) is 17.2. The average molecular weight is 498 g/mol. The van der Waals surface area contributed by atoms with Crippen molar-refractivity contribution in [1.29, 1.82) is 0 Å². The summed E-state index contributed by atoms with van der Waals surface area (Å²) in [4.78, 5) is 22.7. The van der Waals surface area contributed by atoms with Gasteiger partial charge in [0.25, 0.3) is 0 Å². The first-order valence-corrected chi connectivity index (χ1v) is 10.3. The number of aromatic nitrogens is 1. The van der Waals surface area contributed by atoms with E-state index in [2.05, 4.69) is 20.2 Å². The maximum atomic E-state index is 11.9. The fraction of sp³-hybridized carbons (Fsp3) is 0.688. The molecule has 1 aliphatic rings. The number of piperidine rings is 1. The van der Waals surface area contributed by atoms with Gasteiger partial charge in [0.15, 0.2) is 5.96 Å². The van der Waals surface area contributed by atoms with Crippen LogP contribution in [-0.4, -0.2) is 60.9 Å². The van der Waals surface area contributed by atoms with E-state index in [1.807, 2.05) is 18.5 Å². The number of nitrogens with one attached hydrogen (secondary N) is 1. The van der Waals surface area contributed by atoms with Gasteiger partial charge in [0.05, 0.1) is 12.5 Å². The highest BCUT2D eigenvalue weighted by atomic mass is 127. The van der Waals surface area contributed by atoms with E-state index in [0.29, 0.717) is 13.2 Å². The van der Waals surface area contributed by atoms with Crippen molar-refractivity contribution in [2.45, 2.75) is 30.5 Å². The molecule has 0 spiro atoms. The van der Waals surface area contributed by atoms with Crippen molar-refractivity contribution in [3.8, 4) is 0 Å². The van der Waals surface area contributed by atoms with Crippen LogP contribution in [0.15, 0.2) is 20.9 Å². The first-order chi connectivity index (χ1) is 11.7. The topological polar surface area (TPSA) is 66.8 Å². The van der Waals surface area contributed by atoms with E-state index in [0.717, 1.165) is 48.4 Å². The minimum absolute atomic E-state index is 0. The Morgan fingerprint density at radius 2 is 2.44 bits per heavy atom. The Morgan fingerprint density at radius 3 is 3.12 bits per heavy atom. The largest absolute Gasteiger partial charge is 0.466 e. The van der Waals surface area contributed by atoms with Gasteiger partial charge in [-0.15, -0.1) is 35.3 Å². The van der Waals surface area contributed by atoms with E-state index >= 15 is 0 Å². The number of thioether (sulfide) groups is 1. The molecule has 1 N–H and O–H groups in total. The van der Waals surface area contributed by atoms with Crippen LogP contribution in [0.5, 0.6) is 0 Å². The molecule has 0 amide bonds. The molecule has 0 radical (unpaired) electrons. The van der Waals surface area contributed by atoms with Crippen molar-refractivity contribution in [3.05, 3.63) is 11.6 Å². The van der Waals surface area contributed by atoms with E-state index in [4.69, 9.17) is 4.74 Å². The molecule has 1 saturated heterocycles. The normalized spacial score (nSPS) is 17.8. The van der Waals surface area contributed by atoms with Crippen LogP contribution >= 0.6 is 47.1 Å². The Hall–Kier alpha value is -0.550. The second kappa shape index (κ2) is 12.7. The summed E-state index contributed by atoms with van der Waals surface area (Å²) < 4.78 is 6.28. The van der Waals surface area contributed by atoms with Crippen LogP contribution in [0.3, 0.4) is 0 Å². The fourth-order valence-electron chi connectivity index (χ4n) is 2.67. The van der Waals surface area contributed by atoms with Gasteiger partial charge in [0.2, 0.25) is 0 Å². The molecule has 142 valence electrons. The maximum absolute atomic E-state index is 11.9. The van der Waals surface area contributed by atoms with E-state index in [9.17, 15) is 4.79 Å². The molecule has 0 aliphatic carbocycles. The Balaban J connectivity index is 0.00000312. The first-order valence-electron chi connectivity index (χ1n) is 8.39. The van der Waals surface area contributed by atoms with E-state index < -0.39 is 0 Å². The standard InChI is InChI=1S/C16H26N4O2S2.HI/c1-3-22-14(21)13-6-4-9-20(12-13)15(17-2)18-7-5-10-23-16-19-8-11-24-16;/h8,11,13H,3-7,9-10,12H2,1-2H3,(H,17,18);1H. The molecule has 0 bridgehead atoms. The summed E-state index contributed by atoms with van der Waals surface area (Å²) in [6, 6.07) is 0. The first kappa shape index (κ1) is 22.5. The molecule has 25 heavy (non-hydrogen) atoms. The predicted molar refractivity (Wildman–Crippen MR) is 115 cm³/mol. The highest BCUT2D eigenvalue weighted by Gasteiger charge is 2.28. The maximum Gasteiger partial charge on any atom is 0.310 e. The van der Waals surface area contributed by atoms with Crippen LogP contribution < -0.4 is 5.32 Å². The molecular formula is C16H27IN4O2S2. The summed E-state index contributed by atoms with van der Waals surface area (Å²) in [7, 11) is 1.79. The molecule has 1 aromatic rings. The number of carbonyl (C=O) groups excluding carboxylic acids is 1. The molecule has 1 fully saturated rings. The summed E-state index contributed by atoms with van der Waals surface area (Å²) in [6.07, 6.45) is 4.77. The SMILES string of the molecule is CCOC(=O)C1CCCN(C(=NC)NCCCSc2nccs2)C1.I. The number of guanidine groups is 1. The predicted octanol–water partition coefficient (Wildman–Crippen LogP) is 3.09.